The van der Waals surface area contributed by atoms with E-state index in [1.165, 1.54) is 11.3 Å². The first-order valence-electron chi connectivity index (χ1n) is 7.60. The second kappa shape index (κ2) is 8.73. The third kappa shape index (κ3) is 5.11. The lowest BCUT2D eigenvalue weighted by Crippen LogP contribution is -2.02. The van der Waals surface area contributed by atoms with Crippen molar-refractivity contribution in [2.75, 3.05) is 5.43 Å². The quantitative estimate of drug-likeness (QED) is 0.360. The third-order valence-corrected chi connectivity index (χ3v) is 5.01. The number of ether oxygens (including phenoxy) is 1. The summed E-state index contributed by atoms with van der Waals surface area (Å²) in [7, 11) is 0. The molecule has 0 aliphatic heterocycles. The maximum atomic E-state index is 6.11. The Morgan fingerprint density at radius 2 is 1.85 bits per heavy atom. The van der Waals surface area contributed by atoms with E-state index in [2.05, 4.69) is 15.5 Å². The van der Waals surface area contributed by atoms with Crippen LogP contribution in [0, 0.1) is 0 Å². The second-order valence-corrected chi connectivity index (χ2v) is 7.52. The maximum absolute atomic E-state index is 6.11. The zero-order valence-electron chi connectivity index (χ0n) is 13.7. The molecule has 0 amide bonds. The van der Waals surface area contributed by atoms with E-state index in [4.69, 9.17) is 39.5 Å². The van der Waals surface area contributed by atoms with Crippen molar-refractivity contribution in [3.05, 3.63) is 73.6 Å². The predicted octanol–water partition coefficient (Wildman–Crippen LogP) is 6.52. The Kier molecular flexibility index (Phi) is 6.38. The Morgan fingerprint density at radius 3 is 2.62 bits per heavy atom. The van der Waals surface area contributed by atoms with Crippen LogP contribution in [0.2, 0.25) is 15.1 Å². The van der Waals surface area contributed by atoms with Gasteiger partial charge in [0, 0.05) is 15.4 Å². The number of hydrazone groups is 1. The van der Waals surface area contributed by atoms with Crippen molar-refractivity contribution in [2.24, 2.45) is 5.10 Å². The number of benzene rings is 2. The van der Waals surface area contributed by atoms with Gasteiger partial charge in [0.2, 0.25) is 0 Å². The van der Waals surface area contributed by atoms with Crippen molar-refractivity contribution in [1.82, 2.24) is 4.98 Å². The lowest BCUT2D eigenvalue weighted by Gasteiger charge is -2.05. The molecule has 2 aromatic carbocycles. The zero-order valence-corrected chi connectivity index (χ0v) is 16.8. The molecular formula is C18H14Cl3N3OS. The molecule has 1 aromatic heterocycles. The topological polar surface area (TPSA) is 46.5 Å². The Balaban J connectivity index is 1.62. The molecule has 0 spiro atoms. The van der Waals surface area contributed by atoms with Crippen LogP contribution in [0.3, 0.4) is 0 Å². The van der Waals surface area contributed by atoms with Crippen molar-refractivity contribution in [2.45, 2.75) is 13.5 Å². The average molecular weight is 427 g/mol. The standard InChI is InChI=1S/C18H14Cl3N3OS/c1-11(23-24-16-8-13(20)4-7-15(16)21)17-10-26-18(22-17)9-25-14-5-2-12(19)3-6-14/h2-8,10,24H,9H2,1H3/b23-11+. The monoisotopic (exact) mass is 425 g/mol. The van der Waals surface area contributed by atoms with Gasteiger partial charge in [0.15, 0.2) is 0 Å². The maximum Gasteiger partial charge on any atom is 0.140 e. The van der Waals surface area contributed by atoms with Crippen LogP contribution in [0.1, 0.15) is 17.6 Å². The summed E-state index contributed by atoms with van der Waals surface area (Å²) in [6.07, 6.45) is 0. The first-order chi connectivity index (χ1) is 12.5. The van der Waals surface area contributed by atoms with Crippen molar-refractivity contribution in [1.29, 1.82) is 0 Å². The number of hydrogen-bond donors (Lipinski definition) is 1. The lowest BCUT2D eigenvalue weighted by molar-refractivity contribution is 0.305. The van der Waals surface area contributed by atoms with Gasteiger partial charge in [0.1, 0.15) is 17.4 Å². The molecular weight excluding hydrogens is 413 g/mol. The number of thiazole rings is 1. The SMILES string of the molecule is C/C(=N\Nc1cc(Cl)ccc1Cl)c1csc(COc2ccc(Cl)cc2)n1. The minimum absolute atomic E-state index is 0.382. The molecule has 0 fully saturated rings. The fraction of sp³-hybridized carbons (Fsp3) is 0.111. The summed E-state index contributed by atoms with van der Waals surface area (Å²) in [6.45, 7) is 2.25. The molecule has 0 bridgehead atoms. The molecule has 134 valence electrons. The van der Waals surface area contributed by atoms with Crippen LogP contribution in [-0.4, -0.2) is 10.7 Å². The van der Waals surface area contributed by atoms with E-state index in [9.17, 15) is 0 Å². The van der Waals surface area contributed by atoms with Gasteiger partial charge in [0.05, 0.1) is 22.1 Å². The Bertz CT molecular complexity index is 926. The minimum atomic E-state index is 0.382. The highest BCUT2D eigenvalue weighted by Crippen LogP contribution is 2.25. The van der Waals surface area contributed by atoms with Gasteiger partial charge in [-0.15, -0.1) is 11.3 Å². The largest absolute Gasteiger partial charge is 0.486 e. The van der Waals surface area contributed by atoms with Gasteiger partial charge in [-0.2, -0.15) is 5.10 Å². The molecule has 4 nitrogen and oxygen atoms in total. The molecule has 0 atom stereocenters. The minimum Gasteiger partial charge on any atom is -0.486 e. The Hall–Kier alpha value is -1.79. The summed E-state index contributed by atoms with van der Waals surface area (Å²) in [4.78, 5) is 4.53. The Morgan fingerprint density at radius 1 is 1.12 bits per heavy atom. The molecule has 0 aliphatic rings. The molecule has 0 unspecified atom stereocenters. The molecule has 3 rings (SSSR count). The average Bonchev–Trinajstić information content (AvgIpc) is 3.11. The van der Waals surface area contributed by atoms with E-state index in [1.54, 1.807) is 30.3 Å². The molecule has 3 aromatic rings. The third-order valence-electron chi connectivity index (χ3n) is 3.37. The van der Waals surface area contributed by atoms with Crippen molar-refractivity contribution in [3.8, 4) is 5.75 Å². The van der Waals surface area contributed by atoms with Gasteiger partial charge in [0.25, 0.3) is 0 Å². The second-order valence-electron chi connectivity index (χ2n) is 5.30. The lowest BCUT2D eigenvalue weighted by atomic mass is 10.3. The van der Waals surface area contributed by atoms with Crippen LogP contribution in [-0.2, 0) is 6.61 Å². The molecule has 1 heterocycles. The highest BCUT2D eigenvalue weighted by molar-refractivity contribution is 7.09. The van der Waals surface area contributed by atoms with E-state index in [1.807, 2.05) is 24.4 Å². The van der Waals surface area contributed by atoms with Crippen LogP contribution < -0.4 is 10.2 Å². The highest BCUT2D eigenvalue weighted by Gasteiger charge is 2.07. The summed E-state index contributed by atoms with van der Waals surface area (Å²) in [6, 6.07) is 12.4. The predicted molar refractivity (Wildman–Crippen MR) is 110 cm³/mol. The highest BCUT2D eigenvalue weighted by atomic mass is 35.5. The molecule has 0 saturated heterocycles. The number of nitrogens with one attached hydrogen (secondary N) is 1. The van der Waals surface area contributed by atoms with E-state index in [-0.39, 0.29) is 0 Å². The molecule has 0 radical (unpaired) electrons. The van der Waals surface area contributed by atoms with Crippen LogP contribution in [0.25, 0.3) is 0 Å². The van der Waals surface area contributed by atoms with Crippen LogP contribution >= 0.6 is 46.1 Å². The first-order valence-corrected chi connectivity index (χ1v) is 9.61. The number of halogens is 3. The van der Waals surface area contributed by atoms with E-state index < -0.39 is 0 Å². The zero-order chi connectivity index (χ0) is 18.5. The van der Waals surface area contributed by atoms with Crippen molar-refractivity contribution < 1.29 is 4.74 Å². The van der Waals surface area contributed by atoms with E-state index >= 15 is 0 Å². The molecule has 0 aliphatic carbocycles. The summed E-state index contributed by atoms with van der Waals surface area (Å²) in [5.74, 6) is 0.744. The fourth-order valence-electron chi connectivity index (χ4n) is 2.00. The summed E-state index contributed by atoms with van der Waals surface area (Å²) in [5.41, 5.74) is 5.06. The van der Waals surface area contributed by atoms with Crippen LogP contribution in [0.4, 0.5) is 5.69 Å². The van der Waals surface area contributed by atoms with Gasteiger partial charge < -0.3 is 4.74 Å². The number of nitrogens with zero attached hydrogens (tertiary/aromatic N) is 2. The smallest absolute Gasteiger partial charge is 0.140 e. The number of anilines is 1. The fourth-order valence-corrected chi connectivity index (χ4v) is 3.21. The van der Waals surface area contributed by atoms with Crippen LogP contribution in [0.5, 0.6) is 5.75 Å². The summed E-state index contributed by atoms with van der Waals surface area (Å²) < 4.78 is 5.70. The Labute approximate surface area is 170 Å². The molecule has 0 saturated carbocycles. The van der Waals surface area contributed by atoms with Crippen molar-refractivity contribution in [3.63, 3.8) is 0 Å². The summed E-state index contributed by atoms with van der Waals surface area (Å²) >= 11 is 19.4. The molecule has 26 heavy (non-hydrogen) atoms. The van der Waals surface area contributed by atoms with Crippen molar-refractivity contribution >= 4 is 57.5 Å². The summed E-state index contributed by atoms with van der Waals surface area (Å²) in [5, 5.41) is 8.90. The van der Waals surface area contributed by atoms with Gasteiger partial charge in [-0.05, 0) is 49.4 Å². The van der Waals surface area contributed by atoms with Gasteiger partial charge in [-0.3, -0.25) is 5.43 Å². The molecule has 8 heteroatoms. The van der Waals surface area contributed by atoms with Gasteiger partial charge in [-0.1, -0.05) is 34.8 Å². The van der Waals surface area contributed by atoms with Gasteiger partial charge in [-0.25, -0.2) is 4.98 Å². The number of aromatic nitrogens is 1. The van der Waals surface area contributed by atoms with Gasteiger partial charge >= 0.3 is 0 Å². The van der Waals surface area contributed by atoms with E-state index in [0.717, 1.165) is 22.2 Å². The van der Waals surface area contributed by atoms with E-state index in [0.29, 0.717) is 27.4 Å². The molecule has 1 N–H and O–H groups in total. The number of hydrogen-bond acceptors (Lipinski definition) is 5. The number of rotatable bonds is 6. The first kappa shape index (κ1) is 19.0. The van der Waals surface area contributed by atoms with Crippen LogP contribution in [0.15, 0.2) is 52.9 Å². The normalized spacial score (nSPS) is 11.5.